The first kappa shape index (κ1) is 66.1. The molecule has 6 nitrogen and oxygen atoms in total. The lowest BCUT2D eigenvalue weighted by atomic mass is 10.1. The molecule has 0 aromatic heterocycles. The lowest BCUT2D eigenvalue weighted by molar-refractivity contribution is -0.167. The van der Waals surface area contributed by atoms with Crippen LogP contribution in [0.4, 0.5) is 0 Å². The number of ether oxygens (including phenoxy) is 3. The summed E-state index contributed by atoms with van der Waals surface area (Å²) in [6, 6.07) is 0. The summed E-state index contributed by atoms with van der Waals surface area (Å²) in [5, 5.41) is 0. The van der Waals surface area contributed by atoms with Crippen LogP contribution in [0.1, 0.15) is 258 Å². The zero-order chi connectivity index (χ0) is 50.7. The Morgan fingerprint density at radius 1 is 0.300 bits per heavy atom. The number of hydrogen-bond acceptors (Lipinski definition) is 6. The molecule has 0 aliphatic heterocycles. The van der Waals surface area contributed by atoms with Crippen LogP contribution in [0, 0.1) is 0 Å². The fourth-order valence-corrected chi connectivity index (χ4v) is 7.70. The molecule has 1 unspecified atom stereocenters. The Labute approximate surface area is 431 Å². The van der Waals surface area contributed by atoms with E-state index in [1.807, 2.05) is 0 Å². The number of carbonyl (C=O) groups is 3. The minimum Gasteiger partial charge on any atom is -0.462 e. The lowest BCUT2D eigenvalue weighted by Crippen LogP contribution is -2.30. The third kappa shape index (κ3) is 55.0. The molecule has 0 aliphatic carbocycles. The maximum atomic E-state index is 12.8. The van der Waals surface area contributed by atoms with Crippen molar-refractivity contribution in [3.63, 3.8) is 0 Å². The minimum atomic E-state index is -0.797. The van der Waals surface area contributed by atoms with Crippen molar-refractivity contribution in [2.75, 3.05) is 13.2 Å². The van der Waals surface area contributed by atoms with Gasteiger partial charge in [-0.15, -0.1) is 0 Å². The second kappa shape index (κ2) is 57.6. The van der Waals surface area contributed by atoms with Gasteiger partial charge in [-0.2, -0.15) is 0 Å². The molecule has 0 aromatic rings. The van der Waals surface area contributed by atoms with Gasteiger partial charge in [-0.05, 0) is 116 Å². The topological polar surface area (TPSA) is 78.9 Å². The molecule has 1 atom stereocenters. The van der Waals surface area contributed by atoms with E-state index < -0.39 is 6.10 Å². The smallest absolute Gasteiger partial charge is 0.306 e. The molecule has 6 heteroatoms. The lowest BCUT2D eigenvalue weighted by Gasteiger charge is -2.18. The van der Waals surface area contributed by atoms with E-state index in [1.54, 1.807) is 0 Å². The Morgan fingerprint density at radius 2 is 0.557 bits per heavy atom. The van der Waals surface area contributed by atoms with E-state index in [4.69, 9.17) is 14.2 Å². The van der Waals surface area contributed by atoms with E-state index in [0.717, 1.165) is 148 Å². The van der Waals surface area contributed by atoms with Crippen LogP contribution in [0.25, 0.3) is 0 Å². The summed E-state index contributed by atoms with van der Waals surface area (Å²) in [7, 11) is 0. The second-order valence-electron chi connectivity index (χ2n) is 18.8. The minimum absolute atomic E-state index is 0.0932. The summed E-state index contributed by atoms with van der Waals surface area (Å²) < 4.78 is 16.8. The van der Waals surface area contributed by atoms with Crippen molar-refractivity contribution in [3.05, 3.63) is 109 Å². The summed E-state index contributed by atoms with van der Waals surface area (Å²) in [5.41, 5.74) is 0. The van der Waals surface area contributed by atoms with Gasteiger partial charge in [0.1, 0.15) is 13.2 Å². The molecule has 398 valence electrons. The van der Waals surface area contributed by atoms with Crippen molar-refractivity contribution < 1.29 is 28.6 Å². The standard InChI is InChI=1S/C64H106O6/c1-4-7-10-13-16-19-22-25-28-29-30-31-32-33-34-35-37-39-42-45-48-51-54-57-63(66)69-60-61(59-68-62(65)56-53-50-47-44-41-38-27-24-21-18-15-12-9-6-3)70-64(67)58-55-52-49-46-43-40-36-26-23-20-17-14-11-8-5-2/h7-8,10-11,15-20,24-28,30-31,36,61H,4-6,9,12-14,21-23,29,32-35,37-60H2,1-3H3/b10-7-,11-8-,18-15-,19-16-,20-17-,27-24-,28-25-,31-30-,36-26-. The van der Waals surface area contributed by atoms with Crippen molar-refractivity contribution in [3.8, 4) is 0 Å². The van der Waals surface area contributed by atoms with Crippen LogP contribution >= 0.6 is 0 Å². The molecule has 0 heterocycles. The molecule has 0 rings (SSSR count). The summed E-state index contributed by atoms with van der Waals surface area (Å²) in [4.78, 5) is 38.2. The molecule has 0 spiro atoms. The number of rotatable bonds is 51. The summed E-state index contributed by atoms with van der Waals surface area (Å²) in [5.74, 6) is -0.928. The highest BCUT2D eigenvalue weighted by Gasteiger charge is 2.19. The van der Waals surface area contributed by atoms with Gasteiger partial charge in [0.25, 0.3) is 0 Å². The van der Waals surface area contributed by atoms with Crippen molar-refractivity contribution in [1.29, 1.82) is 0 Å². The Morgan fingerprint density at radius 3 is 0.871 bits per heavy atom. The highest BCUT2D eigenvalue weighted by Crippen LogP contribution is 2.15. The van der Waals surface area contributed by atoms with Gasteiger partial charge in [0.05, 0.1) is 0 Å². The summed E-state index contributed by atoms with van der Waals surface area (Å²) >= 11 is 0. The molecule has 0 bridgehead atoms. The van der Waals surface area contributed by atoms with Crippen LogP contribution in [0.2, 0.25) is 0 Å². The SMILES string of the molecule is CC/C=C\C/C=C\C/C=C\C/C=C\CCCCCCCCCCCCC(=O)OCC(COC(=O)CCCCCCC/C=C\C/C=C\CCCC)OC(=O)CCCCCCC/C=C\C/C=C\C/C=C\CC. The van der Waals surface area contributed by atoms with Crippen molar-refractivity contribution in [2.24, 2.45) is 0 Å². The molecule has 0 saturated heterocycles. The fourth-order valence-electron chi connectivity index (χ4n) is 7.70. The summed E-state index contributed by atoms with van der Waals surface area (Å²) in [6.45, 7) is 6.35. The zero-order valence-electron chi connectivity index (χ0n) is 45.5. The zero-order valence-corrected chi connectivity index (χ0v) is 45.5. The summed E-state index contributed by atoms with van der Waals surface area (Å²) in [6.07, 6.45) is 77.9. The van der Waals surface area contributed by atoms with E-state index in [1.165, 1.54) is 70.6 Å². The van der Waals surface area contributed by atoms with Crippen molar-refractivity contribution in [2.45, 2.75) is 264 Å². The van der Waals surface area contributed by atoms with Gasteiger partial charge in [0.15, 0.2) is 6.10 Å². The number of esters is 3. The molecule has 0 fully saturated rings. The van der Waals surface area contributed by atoms with Crippen molar-refractivity contribution in [1.82, 2.24) is 0 Å². The molecule has 0 aliphatic rings. The predicted molar refractivity (Wildman–Crippen MR) is 302 cm³/mol. The highest BCUT2D eigenvalue weighted by atomic mass is 16.6. The number of allylic oxidation sites excluding steroid dienone is 18. The number of carbonyl (C=O) groups excluding carboxylic acids is 3. The first-order valence-corrected chi connectivity index (χ1v) is 28.9. The molecule has 0 amide bonds. The van der Waals surface area contributed by atoms with Gasteiger partial charge >= 0.3 is 17.9 Å². The Balaban J connectivity index is 4.38. The van der Waals surface area contributed by atoms with E-state index in [9.17, 15) is 14.4 Å². The first-order chi connectivity index (χ1) is 34.5. The average molecular weight is 972 g/mol. The Hall–Kier alpha value is -3.93. The van der Waals surface area contributed by atoms with Crippen molar-refractivity contribution >= 4 is 17.9 Å². The van der Waals surface area contributed by atoms with Crippen LogP contribution in [0.3, 0.4) is 0 Å². The van der Waals surface area contributed by atoms with Crippen LogP contribution in [0.15, 0.2) is 109 Å². The van der Waals surface area contributed by atoms with E-state index in [2.05, 4.69) is 130 Å². The van der Waals surface area contributed by atoms with Crippen LogP contribution in [-0.2, 0) is 28.6 Å². The average Bonchev–Trinajstić information content (AvgIpc) is 3.36. The predicted octanol–water partition coefficient (Wildman–Crippen LogP) is 19.5. The first-order valence-electron chi connectivity index (χ1n) is 28.9. The van der Waals surface area contributed by atoms with Gasteiger partial charge in [0, 0.05) is 19.3 Å². The van der Waals surface area contributed by atoms with E-state index in [-0.39, 0.29) is 31.1 Å². The number of hydrogen-bond donors (Lipinski definition) is 0. The van der Waals surface area contributed by atoms with Gasteiger partial charge in [-0.1, -0.05) is 233 Å². The van der Waals surface area contributed by atoms with E-state index in [0.29, 0.717) is 19.3 Å². The third-order valence-electron chi connectivity index (χ3n) is 12.0. The fraction of sp³-hybridized carbons (Fsp3) is 0.672. The Kier molecular flexibility index (Phi) is 54.4. The second-order valence-corrected chi connectivity index (χ2v) is 18.8. The third-order valence-corrected chi connectivity index (χ3v) is 12.0. The quantitative estimate of drug-likeness (QED) is 0.0262. The molecule has 0 aromatic carbocycles. The Bertz CT molecular complexity index is 1440. The van der Waals surface area contributed by atoms with Crippen LogP contribution in [0.5, 0.6) is 0 Å². The molecule has 0 radical (unpaired) electrons. The monoisotopic (exact) mass is 971 g/mol. The maximum absolute atomic E-state index is 12.8. The maximum Gasteiger partial charge on any atom is 0.306 e. The van der Waals surface area contributed by atoms with Gasteiger partial charge in [0.2, 0.25) is 0 Å². The van der Waals surface area contributed by atoms with Gasteiger partial charge in [-0.3, -0.25) is 14.4 Å². The van der Waals surface area contributed by atoms with E-state index >= 15 is 0 Å². The molecular formula is C64H106O6. The molecular weight excluding hydrogens is 865 g/mol. The highest BCUT2D eigenvalue weighted by molar-refractivity contribution is 5.71. The largest absolute Gasteiger partial charge is 0.462 e. The molecule has 0 saturated carbocycles. The van der Waals surface area contributed by atoms with Crippen LogP contribution in [-0.4, -0.2) is 37.2 Å². The molecule has 70 heavy (non-hydrogen) atoms. The molecule has 0 N–H and O–H groups in total. The normalized spacial score (nSPS) is 12.9. The van der Waals surface area contributed by atoms with Crippen LogP contribution < -0.4 is 0 Å². The van der Waals surface area contributed by atoms with Gasteiger partial charge < -0.3 is 14.2 Å². The number of unbranched alkanes of at least 4 members (excludes halogenated alkanes) is 22. The van der Waals surface area contributed by atoms with Gasteiger partial charge in [-0.25, -0.2) is 0 Å².